The van der Waals surface area contributed by atoms with Crippen LogP contribution in [0.5, 0.6) is 0 Å². The second-order valence-corrected chi connectivity index (χ2v) is 10.4. The van der Waals surface area contributed by atoms with Gasteiger partial charge in [-0.1, -0.05) is 80.8 Å². The van der Waals surface area contributed by atoms with Crippen LogP contribution >= 0.6 is 8.10 Å². The third-order valence-electron chi connectivity index (χ3n) is 6.15. The molecular formula is C24H32N2OP+. The first-order valence-corrected chi connectivity index (χ1v) is 11.7. The van der Waals surface area contributed by atoms with Gasteiger partial charge in [-0.25, -0.2) is 0 Å². The van der Waals surface area contributed by atoms with E-state index in [0.717, 1.165) is 13.1 Å². The first-order valence-electron chi connectivity index (χ1n) is 10.6. The van der Waals surface area contributed by atoms with Crippen molar-refractivity contribution in [3.63, 3.8) is 0 Å². The van der Waals surface area contributed by atoms with Crippen LogP contribution in [0, 0.1) is 27.7 Å². The minimum absolute atomic E-state index is 0.420. The molecule has 0 amide bonds. The summed E-state index contributed by atoms with van der Waals surface area (Å²) in [6.07, 6.45) is 4.84. The maximum Gasteiger partial charge on any atom is 0.538 e. The zero-order valence-electron chi connectivity index (χ0n) is 17.6. The standard InChI is InChI=1S/C24H32N2OP/c1-17-9-18(2)12-21(11-17)15-25-23-7-5-6-8-24(23)26(28(25)27)16-22-13-19(3)10-20(4)14-22/h9-14,23-24H,5-8,15-16H2,1-4H3/q+1/t23-,24-/m1/s1. The topological polar surface area (TPSA) is 23.6 Å². The number of nitrogens with zero attached hydrogens (tertiary/aromatic N) is 2. The molecule has 0 unspecified atom stereocenters. The number of fused-ring (bicyclic) bond motifs is 1. The molecule has 4 heteroatoms. The summed E-state index contributed by atoms with van der Waals surface area (Å²) in [4.78, 5) is 0. The summed E-state index contributed by atoms with van der Waals surface area (Å²) < 4.78 is 18.2. The van der Waals surface area contributed by atoms with Crippen LogP contribution in [-0.4, -0.2) is 21.4 Å². The fraction of sp³-hybridized carbons (Fsp3) is 0.500. The van der Waals surface area contributed by atoms with Gasteiger partial charge < -0.3 is 0 Å². The molecule has 2 aromatic rings. The Hall–Kier alpha value is -1.54. The molecule has 1 heterocycles. The molecule has 4 rings (SSSR count). The molecule has 0 radical (unpaired) electrons. The molecule has 1 saturated heterocycles. The number of benzene rings is 2. The number of rotatable bonds is 4. The normalized spacial score (nSPS) is 23.2. The van der Waals surface area contributed by atoms with Gasteiger partial charge in [0.15, 0.2) is 0 Å². The van der Waals surface area contributed by atoms with Gasteiger partial charge in [0.1, 0.15) is 0 Å². The van der Waals surface area contributed by atoms with Gasteiger partial charge >= 0.3 is 8.10 Å². The third kappa shape index (κ3) is 4.08. The summed E-state index contributed by atoms with van der Waals surface area (Å²) >= 11 is 0. The van der Waals surface area contributed by atoms with E-state index in [2.05, 4.69) is 73.4 Å². The highest BCUT2D eigenvalue weighted by atomic mass is 31.1. The van der Waals surface area contributed by atoms with Crippen LogP contribution < -0.4 is 0 Å². The Morgan fingerprint density at radius 3 is 1.43 bits per heavy atom. The lowest BCUT2D eigenvalue weighted by molar-refractivity contribution is 0.197. The first kappa shape index (κ1) is 19.8. The van der Waals surface area contributed by atoms with Crippen LogP contribution in [0.15, 0.2) is 36.4 Å². The van der Waals surface area contributed by atoms with Crippen LogP contribution in [-0.2, 0) is 17.7 Å². The Morgan fingerprint density at radius 1 is 0.714 bits per heavy atom. The fourth-order valence-corrected chi connectivity index (χ4v) is 7.15. The molecule has 2 fully saturated rings. The predicted octanol–water partition coefficient (Wildman–Crippen LogP) is 6.21. The summed E-state index contributed by atoms with van der Waals surface area (Å²) in [7, 11) is -1.51. The van der Waals surface area contributed by atoms with E-state index in [4.69, 9.17) is 0 Å². The van der Waals surface area contributed by atoms with E-state index in [0.29, 0.717) is 12.1 Å². The molecule has 1 aliphatic carbocycles. The maximum absolute atomic E-state index is 13.6. The van der Waals surface area contributed by atoms with E-state index in [1.807, 2.05) is 0 Å². The molecule has 148 valence electrons. The van der Waals surface area contributed by atoms with E-state index < -0.39 is 8.10 Å². The van der Waals surface area contributed by atoms with Crippen LogP contribution in [0.3, 0.4) is 0 Å². The molecule has 0 bridgehead atoms. The van der Waals surface area contributed by atoms with Crippen LogP contribution in [0.25, 0.3) is 0 Å². The van der Waals surface area contributed by atoms with Gasteiger partial charge in [-0.3, -0.25) is 0 Å². The van der Waals surface area contributed by atoms with E-state index in [1.54, 1.807) is 0 Å². The Kier molecular flexibility index (Phi) is 5.69. The zero-order valence-corrected chi connectivity index (χ0v) is 18.5. The summed E-state index contributed by atoms with van der Waals surface area (Å²) in [5.41, 5.74) is 7.73. The highest BCUT2D eigenvalue weighted by Gasteiger charge is 2.57. The quantitative estimate of drug-likeness (QED) is 0.575. The molecule has 0 spiro atoms. The van der Waals surface area contributed by atoms with E-state index >= 15 is 0 Å². The van der Waals surface area contributed by atoms with Crippen molar-refractivity contribution in [2.75, 3.05) is 0 Å². The lowest BCUT2D eigenvalue weighted by Gasteiger charge is -2.26. The smallest absolute Gasteiger partial charge is 0.0698 e. The van der Waals surface area contributed by atoms with Crippen molar-refractivity contribution in [1.29, 1.82) is 0 Å². The molecule has 28 heavy (non-hydrogen) atoms. The molecule has 0 N–H and O–H groups in total. The molecule has 0 aromatic heterocycles. The molecular weight excluding hydrogens is 363 g/mol. The Bertz CT molecular complexity index is 782. The lowest BCUT2D eigenvalue weighted by atomic mass is 9.89. The van der Waals surface area contributed by atoms with Gasteiger partial charge in [-0.2, -0.15) is 0 Å². The molecule has 2 aliphatic rings. The fourth-order valence-electron chi connectivity index (χ4n) is 5.24. The average Bonchev–Trinajstić information content (AvgIpc) is 2.86. The molecule has 1 aliphatic heterocycles. The molecule has 3 nitrogen and oxygen atoms in total. The highest BCUT2D eigenvalue weighted by molar-refractivity contribution is 7.39. The molecule has 2 aromatic carbocycles. The lowest BCUT2D eigenvalue weighted by Crippen LogP contribution is -2.39. The third-order valence-corrected chi connectivity index (χ3v) is 7.91. The van der Waals surface area contributed by atoms with Crippen LogP contribution in [0.4, 0.5) is 0 Å². The van der Waals surface area contributed by atoms with E-state index in [-0.39, 0.29) is 0 Å². The Labute approximate surface area is 170 Å². The van der Waals surface area contributed by atoms with Gasteiger partial charge in [0.2, 0.25) is 0 Å². The minimum Gasteiger partial charge on any atom is -0.0698 e. The molecule has 1 saturated carbocycles. The van der Waals surface area contributed by atoms with E-state index in [1.165, 1.54) is 59.1 Å². The van der Waals surface area contributed by atoms with Crippen molar-refractivity contribution >= 4 is 8.10 Å². The summed E-state index contributed by atoms with van der Waals surface area (Å²) in [5, 5.41) is 0. The second kappa shape index (κ2) is 8.06. The first-order chi connectivity index (χ1) is 13.4. The van der Waals surface area contributed by atoms with Gasteiger partial charge in [-0.05, 0) is 56.2 Å². The largest absolute Gasteiger partial charge is 0.538 e. The van der Waals surface area contributed by atoms with Crippen LogP contribution in [0.2, 0.25) is 0 Å². The van der Waals surface area contributed by atoms with Gasteiger partial charge in [0.05, 0.1) is 25.2 Å². The average molecular weight is 396 g/mol. The molecule has 2 atom stereocenters. The highest BCUT2D eigenvalue weighted by Crippen LogP contribution is 2.51. The SMILES string of the molecule is Cc1cc(C)cc(CN2[C@@H]3CCCC[C@H]3N(Cc3cc(C)cc(C)c3)[P+]2=O)c1. The number of aryl methyl sites for hydroxylation is 4. The second-order valence-electron chi connectivity index (χ2n) is 8.86. The maximum atomic E-state index is 13.6. The van der Waals surface area contributed by atoms with Crippen LogP contribution in [0.1, 0.15) is 59.1 Å². The van der Waals surface area contributed by atoms with Crippen molar-refractivity contribution in [2.45, 2.75) is 78.6 Å². The monoisotopic (exact) mass is 395 g/mol. The number of hydrogen-bond donors (Lipinski definition) is 0. The van der Waals surface area contributed by atoms with Gasteiger partial charge in [-0.15, -0.1) is 0 Å². The van der Waals surface area contributed by atoms with E-state index in [9.17, 15) is 4.57 Å². The predicted molar refractivity (Wildman–Crippen MR) is 117 cm³/mol. The van der Waals surface area contributed by atoms with Gasteiger partial charge in [0, 0.05) is 0 Å². The summed E-state index contributed by atoms with van der Waals surface area (Å²) in [5.74, 6) is 0. The van der Waals surface area contributed by atoms with Crippen molar-refractivity contribution < 1.29 is 4.57 Å². The van der Waals surface area contributed by atoms with Crippen molar-refractivity contribution in [3.8, 4) is 0 Å². The zero-order chi connectivity index (χ0) is 19.8. The minimum atomic E-state index is -1.51. The number of hydrogen-bond acceptors (Lipinski definition) is 1. The summed E-state index contributed by atoms with van der Waals surface area (Å²) in [6.45, 7) is 10.2. The van der Waals surface area contributed by atoms with Crippen molar-refractivity contribution in [2.24, 2.45) is 0 Å². The Balaban J connectivity index is 1.60. The van der Waals surface area contributed by atoms with Crippen molar-refractivity contribution in [3.05, 3.63) is 69.8 Å². The Morgan fingerprint density at radius 2 is 1.07 bits per heavy atom. The van der Waals surface area contributed by atoms with Gasteiger partial charge in [0.25, 0.3) is 0 Å². The van der Waals surface area contributed by atoms with Crippen molar-refractivity contribution in [1.82, 2.24) is 9.34 Å². The summed E-state index contributed by atoms with van der Waals surface area (Å²) in [6, 6.07) is 14.3.